The quantitative estimate of drug-likeness (QED) is 0.696. The number of hydrogen-bond donors (Lipinski definition) is 1. The zero-order valence-electron chi connectivity index (χ0n) is 15.6. The Morgan fingerprint density at radius 3 is 2.41 bits per heavy atom. The molecule has 2 heterocycles. The summed E-state index contributed by atoms with van der Waals surface area (Å²) in [6.07, 6.45) is 1.61. The van der Waals surface area contributed by atoms with E-state index in [1.807, 2.05) is 44.2 Å². The molecule has 5 nitrogen and oxygen atoms in total. The third kappa shape index (κ3) is 4.46. The predicted molar refractivity (Wildman–Crippen MR) is 106 cm³/mol. The van der Waals surface area contributed by atoms with E-state index in [0.717, 1.165) is 26.6 Å². The lowest BCUT2D eigenvalue weighted by atomic mass is 10.1. The highest BCUT2D eigenvalue weighted by atomic mass is 32.1. The summed E-state index contributed by atoms with van der Waals surface area (Å²) < 4.78 is 5.44. The molecule has 0 atom stereocenters. The molecule has 0 bridgehead atoms. The lowest BCUT2D eigenvalue weighted by molar-refractivity contribution is 0.0722. The first-order valence-corrected chi connectivity index (χ1v) is 9.49. The first-order valence-electron chi connectivity index (χ1n) is 8.67. The Labute approximate surface area is 162 Å². The number of carbonyl (C=O) groups excluding carboxylic acids is 2. The normalized spacial score (nSPS) is 10.6. The third-order valence-corrected chi connectivity index (χ3v) is 5.55. The second-order valence-electron chi connectivity index (χ2n) is 6.37. The summed E-state index contributed by atoms with van der Waals surface area (Å²) in [6.45, 7) is 4.85. The highest BCUT2D eigenvalue weighted by molar-refractivity contribution is 7.14. The standard InChI is InChI=1S/C21H22N2O3S/c1-14-11-19(27-15(14)2)21(25)23(13-18-5-4-10-26-18)12-16-6-8-17(9-7-16)20(24)22-3/h4-11H,12-13H2,1-3H3,(H,22,24). The van der Waals surface area contributed by atoms with Gasteiger partial charge in [-0.1, -0.05) is 12.1 Å². The van der Waals surface area contributed by atoms with Crippen LogP contribution in [0.15, 0.2) is 53.1 Å². The van der Waals surface area contributed by atoms with Gasteiger partial charge in [-0.25, -0.2) is 0 Å². The molecule has 1 aromatic carbocycles. The van der Waals surface area contributed by atoms with Crippen LogP contribution in [0.2, 0.25) is 0 Å². The molecule has 2 aromatic heterocycles. The van der Waals surface area contributed by atoms with Gasteiger partial charge in [0.1, 0.15) is 5.76 Å². The topological polar surface area (TPSA) is 62.6 Å². The Balaban J connectivity index is 1.83. The summed E-state index contributed by atoms with van der Waals surface area (Å²) in [6, 6.07) is 12.9. The minimum atomic E-state index is -0.130. The van der Waals surface area contributed by atoms with E-state index in [9.17, 15) is 9.59 Å². The minimum absolute atomic E-state index is 0.0250. The van der Waals surface area contributed by atoms with Crippen molar-refractivity contribution >= 4 is 23.2 Å². The van der Waals surface area contributed by atoms with Gasteiger partial charge in [0.05, 0.1) is 17.7 Å². The van der Waals surface area contributed by atoms with Gasteiger partial charge < -0.3 is 14.6 Å². The fourth-order valence-electron chi connectivity index (χ4n) is 2.75. The summed E-state index contributed by atoms with van der Waals surface area (Å²) >= 11 is 1.51. The molecule has 0 fully saturated rings. The van der Waals surface area contributed by atoms with E-state index in [1.165, 1.54) is 11.3 Å². The molecular weight excluding hydrogens is 360 g/mol. The molecular formula is C21H22N2O3S. The van der Waals surface area contributed by atoms with Gasteiger partial charge in [-0.3, -0.25) is 9.59 Å². The molecule has 0 aliphatic heterocycles. The fourth-order valence-corrected chi connectivity index (χ4v) is 3.75. The number of nitrogens with zero attached hydrogens (tertiary/aromatic N) is 1. The minimum Gasteiger partial charge on any atom is -0.467 e. The number of benzene rings is 1. The number of carbonyl (C=O) groups is 2. The molecule has 2 amide bonds. The molecule has 0 saturated heterocycles. The van der Waals surface area contributed by atoms with Gasteiger partial charge in [0.25, 0.3) is 11.8 Å². The number of hydrogen-bond acceptors (Lipinski definition) is 4. The van der Waals surface area contributed by atoms with E-state index in [4.69, 9.17) is 4.42 Å². The molecule has 6 heteroatoms. The Kier molecular flexibility index (Phi) is 5.76. The average molecular weight is 382 g/mol. The van der Waals surface area contributed by atoms with Crippen molar-refractivity contribution < 1.29 is 14.0 Å². The first-order chi connectivity index (χ1) is 13.0. The molecule has 0 saturated carbocycles. The van der Waals surface area contributed by atoms with Crippen molar-refractivity contribution in [1.82, 2.24) is 10.2 Å². The van der Waals surface area contributed by atoms with E-state index < -0.39 is 0 Å². The van der Waals surface area contributed by atoms with E-state index in [1.54, 1.807) is 30.3 Å². The van der Waals surface area contributed by atoms with Crippen LogP contribution >= 0.6 is 11.3 Å². The lowest BCUT2D eigenvalue weighted by Gasteiger charge is -2.21. The van der Waals surface area contributed by atoms with Crippen molar-refractivity contribution in [1.29, 1.82) is 0 Å². The van der Waals surface area contributed by atoms with Gasteiger partial charge in [0.15, 0.2) is 0 Å². The first kappa shape index (κ1) is 18.9. The van der Waals surface area contributed by atoms with Crippen molar-refractivity contribution in [3.05, 3.63) is 80.9 Å². The van der Waals surface area contributed by atoms with E-state index in [2.05, 4.69) is 5.32 Å². The maximum Gasteiger partial charge on any atom is 0.264 e. The molecule has 0 spiro atoms. The van der Waals surface area contributed by atoms with Crippen LogP contribution in [0.3, 0.4) is 0 Å². The van der Waals surface area contributed by atoms with Crippen LogP contribution in [0.5, 0.6) is 0 Å². The molecule has 140 valence electrons. The molecule has 0 radical (unpaired) electrons. The van der Waals surface area contributed by atoms with Gasteiger partial charge >= 0.3 is 0 Å². The maximum absolute atomic E-state index is 13.1. The van der Waals surface area contributed by atoms with Crippen LogP contribution in [0.4, 0.5) is 0 Å². The molecule has 3 rings (SSSR count). The van der Waals surface area contributed by atoms with Crippen molar-refractivity contribution in [3.63, 3.8) is 0 Å². The Hall–Kier alpha value is -2.86. The van der Waals surface area contributed by atoms with Crippen LogP contribution in [0.1, 0.15) is 41.8 Å². The van der Waals surface area contributed by atoms with Crippen molar-refractivity contribution in [2.45, 2.75) is 26.9 Å². The number of nitrogens with one attached hydrogen (secondary N) is 1. The van der Waals surface area contributed by atoms with Crippen LogP contribution in [-0.2, 0) is 13.1 Å². The number of thiophene rings is 1. The second kappa shape index (κ2) is 8.22. The van der Waals surface area contributed by atoms with Gasteiger partial charge in [-0.15, -0.1) is 11.3 Å². The Morgan fingerprint density at radius 1 is 1.11 bits per heavy atom. The molecule has 0 unspecified atom stereocenters. The van der Waals surface area contributed by atoms with Crippen LogP contribution < -0.4 is 5.32 Å². The monoisotopic (exact) mass is 382 g/mol. The summed E-state index contributed by atoms with van der Waals surface area (Å²) in [7, 11) is 1.60. The SMILES string of the molecule is CNC(=O)c1ccc(CN(Cc2ccco2)C(=O)c2cc(C)c(C)s2)cc1. The number of aryl methyl sites for hydroxylation is 2. The summed E-state index contributed by atoms with van der Waals surface area (Å²) in [5.41, 5.74) is 2.67. The van der Waals surface area contributed by atoms with Gasteiger partial charge in [-0.05, 0) is 55.3 Å². The number of furan rings is 1. The van der Waals surface area contributed by atoms with E-state index >= 15 is 0 Å². The molecule has 27 heavy (non-hydrogen) atoms. The van der Waals surface area contributed by atoms with Crippen LogP contribution in [-0.4, -0.2) is 23.8 Å². The third-order valence-electron chi connectivity index (χ3n) is 4.41. The average Bonchev–Trinajstić information content (AvgIpc) is 3.30. The highest BCUT2D eigenvalue weighted by Crippen LogP contribution is 2.24. The Bertz CT molecular complexity index is 908. The number of rotatable bonds is 6. The lowest BCUT2D eigenvalue weighted by Crippen LogP contribution is -2.29. The van der Waals surface area contributed by atoms with E-state index in [0.29, 0.717) is 18.7 Å². The molecule has 3 aromatic rings. The maximum atomic E-state index is 13.1. The van der Waals surface area contributed by atoms with Crippen molar-refractivity contribution in [3.8, 4) is 0 Å². The van der Waals surface area contributed by atoms with Crippen LogP contribution in [0.25, 0.3) is 0 Å². The molecule has 0 aliphatic carbocycles. The summed E-state index contributed by atoms with van der Waals surface area (Å²) in [4.78, 5) is 28.4. The summed E-state index contributed by atoms with van der Waals surface area (Å²) in [5.74, 6) is 0.577. The predicted octanol–water partition coefficient (Wildman–Crippen LogP) is 4.16. The van der Waals surface area contributed by atoms with Crippen molar-refractivity contribution in [2.75, 3.05) is 7.05 Å². The largest absolute Gasteiger partial charge is 0.467 e. The molecule has 0 aliphatic rings. The number of amides is 2. The zero-order valence-corrected chi connectivity index (χ0v) is 16.4. The van der Waals surface area contributed by atoms with Crippen LogP contribution in [0, 0.1) is 13.8 Å². The summed E-state index contributed by atoms with van der Waals surface area (Å²) in [5, 5.41) is 2.60. The Morgan fingerprint density at radius 2 is 1.85 bits per heavy atom. The smallest absolute Gasteiger partial charge is 0.264 e. The molecule has 1 N–H and O–H groups in total. The van der Waals surface area contributed by atoms with E-state index in [-0.39, 0.29) is 11.8 Å². The fraction of sp³-hybridized carbons (Fsp3) is 0.238. The highest BCUT2D eigenvalue weighted by Gasteiger charge is 2.20. The van der Waals surface area contributed by atoms with Gasteiger partial charge in [-0.2, -0.15) is 0 Å². The van der Waals surface area contributed by atoms with Crippen molar-refractivity contribution in [2.24, 2.45) is 0 Å². The van der Waals surface area contributed by atoms with Gasteiger partial charge in [0, 0.05) is 24.0 Å². The zero-order chi connectivity index (χ0) is 19.4. The van der Waals surface area contributed by atoms with Gasteiger partial charge in [0.2, 0.25) is 0 Å². The second-order valence-corrected chi connectivity index (χ2v) is 7.62.